The smallest absolute Gasteiger partial charge is 0.141 e. The number of fused-ring (bicyclic) bond motifs is 5. The van der Waals surface area contributed by atoms with Crippen molar-refractivity contribution in [3.05, 3.63) is 45.8 Å². The van der Waals surface area contributed by atoms with E-state index in [0.717, 1.165) is 51.1 Å². The molecule has 4 rings (SSSR count). The molecular formula is C17H15BrO2. The first-order valence-corrected chi connectivity index (χ1v) is 7.74. The molecule has 0 fully saturated rings. The summed E-state index contributed by atoms with van der Waals surface area (Å²) in [5, 5.41) is 1.14. The van der Waals surface area contributed by atoms with Crippen LogP contribution in [0.1, 0.15) is 36.3 Å². The zero-order valence-electron chi connectivity index (χ0n) is 11.5. The number of benzene rings is 1. The highest BCUT2D eigenvalue weighted by atomic mass is 79.9. The molecule has 0 N–H and O–H groups in total. The van der Waals surface area contributed by atoms with Crippen LogP contribution >= 0.6 is 15.9 Å². The van der Waals surface area contributed by atoms with E-state index in [-0.39, 0.29) is 0 Å². The Bertz CT molecular complexity index is 810. The first-order valence-electron chi connectivity index (χ1n) is 6.95. The molecule has 102 valence electrons. The number of hydrogen-bond acceptors (Lipinski definition) is 2. The van der Waals surface area contributed by atoms with E-state index in [1.54, 1.807) is 0 Å². The Balaban J connectivity index is 2.10. The normalized spacial score (nSPS) is 17.9. The van der Waals surface area contributed by atoms with Gasteiger partial charge >= 0.3 is 0 Å². The summed E-state index contributed by atoms with van der Waals surface area (Å²) in [5.74, 6) is 3.53. The monoisotopic (exact) mass is 330 g/mol. The van der Waals surface area contributed by atoms with Crippen molar-refractivity contribution in [1.29, 1.82) is 0 Å². The van der Waals surface area contributed by atoms with Gasteiger partial charge in [-0.15, -0.1) is 0 Å². The average molecular weight is 331 g/mol. The van der Waals surface area contributed by atoms with Crippen molar-refractivity contribution in [2.75, 3.05) is 0 Å². The van der Waals surface area contributed by atoms with Gasteiger partial charge in [-0.2, -0.15) is 0 Å². The van der Waals surface area contributed by atoms with E-state index in [9.17, 15) is 0 Å². The van der Waals surface area contributed by atoms with Crippen molar-refractivity contribution in [3.63, 3.8) is 0 Å². The zero-order chi connectivity index (χ0) is 13.9. The van der Waals surface area contributed by atoms with E-state index in [4.69, 9.17) is 8.83 Å². The van der Waals surface area contributed by atoms with Crippen LogP contribution in [-0.2, 0) is 6.42 Å². The molecule has 3 aromatic rings. The van der Waals surface area contributed by atoms with Crippen molar-refractivity contribution < 1.29 is 8.83 Å². The second-order valence-corrected chi connectivity index (χ2v) is 6.54. The molecule has 0 spiro atoms. The number of aryl methyl sites for hydroxylation is 2. The molecule has 3 heteroatoms. The van der Waals surface area contributed by atoms with Crippen LogP contribution in [0.5, 0.6) is 0 Å². The van der Waals surface area contributed by atoms with Gasteiger partial charge in [-0.3, -0.25) is 0 Å². The molecule has 1 aromatic carbocycles. The second kappa shape index (κ2) is 4.26. The maximum Gasteiger partial charge on any atom is 0.141 e. The van der Waals surface area contributed by atoms with E-state index >= 15 is 0 Å². The van der Waals surface area contributed by atoms with Crippen molar-refractivity contribution in [2.45, 2.75) is 32.6 Å². The van der Waals surface area contributed by atoms with Crippen molar-refractivity contribution in [3.8, 4) is 11.3 Å². The predicted molar refractivity (Wildman–Crippen MR) is 83.1 cm³/mol. The van der Waals surface area contributed by atoms with Crippen LogP contribution in [-0.4, -0.2) is 0 Å². The van der Waals surface area contributed by atoms with Gasteiger partial charge in [-0.05, 0) is 43.5 Å². The molecule has 0 bridgehead atoms. The largest absolute Gasteiger partial charge is 0.461 e. The summed E-state index contributed by atoms with van der Waals surface area (Å²) >= 11 is 3.55. The third-order valence-corrected chi connectivity index (χ3v) is 4.66. The van der Waals surface area contributed by atoms with E-state index < -0.39 is 0 Å². The van der Waals surface area contributed by atoms with Gasteiger partial charge in [-0.25, -0.2) is 0 Å². The summed E-state index contributed by atoms with van der Waals surface area (Å²) in [6.45, 7) is 4.27. The van der Waals surface area contributed by atoms with Gasteiger partial charge in [0.2, 0.25) is 0 Å². The number of rotatable bonds is 0. The Morgan fingerprint density at radius 1 is 1.20 bits per heavy atom. The molecule has 2 heterocycles. The van der Waals surface area contributed by atoms with Gasteiger partial charge in [0, 0.05) is 21.8 Å². The topological polar surface area (TPSA) is 26.3 Å². The number of hydrogen-bond donors (Lipinski definition) is 0. The predicted octanol–water partition coefficient (Wildman–Crippen LogP) is 5.81. The van der Waals surface area contributed by atoms with Gasteiger partial charge in [-0.1, -0.05) is 22.9 Å². The molecule has 0 amide bonds. The minimum Gasteiger partial charge on any atom is -0.461 e. The Morgan fingerprint density at radius 3 is 2.90 bits per heavy atom. The maximum atomic E-state index is 6.06. The molecule has 20 heavy (non-hydrogen) atoms. The molecule has 0 unspecified atom stereocenters. The van der Waals surface area contributed by atoms with Crippen LogP contribution in [0.25, 0.3) is 22.3 Å². The van der Waals surface area contributed by atoms with Crippen LogP contribution in [0, 0.1) is 6.92 Å². The minimum absolute atomic E-state index is 0.507. The molecule has 0 aliphatic heterocycles. The lowest BCUT2D eigenvalue weighted by Gasteiger charge is -2.06. The quantitative estimate of drug-likeness (QED) is 0.519. The fourth-order valence-electron chi connectivity index (χ4n) is 3.14. The standard InChI is InChI=1S/C17H15BrO2/c1-9-3-5-15-16(17-12(9)7-10(2)19-17)13-8-11(18)4-6-14(13)20-15/h4,6-9H,3,5H2,1-2H3/t9-/m1/s1. The molecular weight excluding hydrogens is 316 g/mol. The molecule has 1 aliphatic rings. The summed E-state index contributed by atoms with van der Waals surface area (Å²) in [7, 11) is 0. The Morgan fingerprint density at radius 2 is 2.05 bits per heavy atom. The van der Waals surface area contributed by atoms with E-state index in [0.29, 0.717) is 5.92 Å². The van der Waals surface area contributed by atoms with Gasteiger partial charge < -0.3 is 8.83 Å². The lowest BCUT2D eigenvalue weighted by molar-refractivity contribution is 0.526. The molecule has 2 nitrogen and oxygen atoms in total. The summed E-state index contributed by atoms with van der Waals surface area (Å²) < 4.78 is 13.1. The summed E-state index contributed by atoms with van der Waals surface area (Å²) in [6.07, 6.45) is 2.06. The highest BCUT2D eigenvalue weighted by Crippen LogP contribution is 2.45. The van der Waals surface area contributed by atoms with Gasteiger partial charge in [0.05, 0.1) is 5.56 Å². The molecule has 2 aromatic heterocycles. The highest BCUT2D eigenvalue weighted by molar-refractivity contribution is 9.10. The lowest BCUT2D eigenvalue weighted by atomic mass is 9.98. The van der Waals surface area contributed by atoms with Gasteiger partial charge in [0.1, 0.15) is 22.9 Å². The second-order valence-electron chi connectivity index (χ2n) is 5.62. The Kier molecular flexibility index (Phi) is 2.61. The molecule has 0 saturated heterocycles. The Hall–Kier alpha value is -1.48. The SMILES string of the molecule is Cc1cc2c(o1)-c1c(oc3ccc(Br)cc13)CC[C@H]2C. The van der Waals surface area contributed by atoms with Crippen molar-refractivity contribution in [2.24, 2.45) is 0 Å². The fraction of sp³-hybridized carbons (Fsp3) is 0.294. The zero-order valence-corrected chi connectivity index (χ0v) is 13.1. The Labute approximate surface area is 125 Å². The third kappa shape index (κ3) is 1.69. The van der Waals surface area contributed by atoms with Crippen molar-refractivity contribution in [1.82, 2.24) is 0 Å². The van der Waals surface area contributed by atoms with E-state index in [2.05, 4.69) is 35.0 Å². The lowest BCUT2D eigenvalue weighted by Crippen LogP contribution is -1.91. The van der Waals surface area contributed by atoms with Crippen molar-refractivity contribution >= 4 is 26.9 Å². The van der Waals surface area contributed by atoms with Crippen LogP contribution < -0.4 is 0 Å². The van der Waals surface area contributed by atoms with Crippen LogP contribution in [0.15, 0.2) is 37.6 Å². The minimum atomic E-state index is 0.507. The van der Waals surface area contributed by atoms with E-state index in [1.165, 1.54) is 5.56 Å². The average Bonchev–Trinajstić information content (AvgIpc) is 2.92. The summed E-state index contributed by atoms with van der Waals surface area (Å²) in [6, 6.07) is 8.33. The van der Waals surface area contributed by atoms with Crippen LogP contribution in [0.2, 0.25) is 0 Å². The van der Waals surface area contributed by atoms with Gasteiger partial charge in [0.15, 0.2) is 0 Å². The number of furan rings is 2. The molecule has 0 saturated carbocycles. The summed E-state index contributed by atoms with van der Waals surface area (Å²) in [4.78, 5) is 0. The van der Waals surface area contributed by atoms with Gasteiger partial charge in [0.25, 0.3) is 0 Å². The first-order chi connectivity index (χ1) is 9.63. The first kappa shape index (κ1) is 12.3. The molecule has 1 aliphatic carbocycles. The highest BCUT2D eigenvalue weighted by Gasteiger charge is 2.28. The van der Waals surface area contributed by atoms with E-state index in [1.807, 2.05) is 19.1 Å². The fourth-order valence-corrected chi connectivity index (χ4v) is 3.51. The van der Waals surface area contributed by atoms with Crippen LogP contribution in [0.4, 0.5) is 0 Å². The third-order valence-electron chi connectivity index (χ3n) is 4.17. The summed E-state index contributed by atoms with van der Waals surface area (Å²) in [5.41, 5.74) is 3.39. The maximum absolute atomic E-state index is 6.06. The molecule has 0 radical (unpaired) electrons. The number of halogens is 1. The molecule has 1 atom stereocenters. The van der Waals surface area contributed by atoms with Crippen LogP contribution in [0.3, 0.4) is 0 Å².